The van der Waals surface area contributed by atoms with E-state index in [-0.39, 0.29) is 19.2 Å². The van der Waals surface area contributed by atoms with Crippen LogP contribution in [0, 0.1) is 0 Å². The van der Waals surface area contributed by atoms with Crippen LogP contribution in [0.3, 0.4) is 0 Å². The molecule has 2 N–H and O–H groups in total. The number of benzene rings is 2. The molecule has 28 heavy (non-hydrogen) atoms. The summed E-state index contributed by atoms with van der Waals surface area (Å²) in [5.74, 6) is 0.684. The zero-order valence-electron chi connectivity index (χ0n) is 14.6. The van der Waals surface area contributed by atoms with Crippen LogP contribution in [0.4, 0.5) is 0 Å². The fourth-order valence-corrected chi connectivity index (χ4v) is 2.61. The van der Waals surface area contributed by atoms with Crippen molar-refractivity contribution in [3.05, 3.63) is 77.7 Å². The van der Waals surface area contributed by atoms with E-state index in [1.165, 1.54) is 12.3 Å². The van der Waals surface area contributed by atoms with E-state index in [2.05, 4.69) is 10.9 Å². The predicted octanol–water partition coefficient (Wildman–Crippen LogP) is 2.66. The van der Waals surface area contributed by atoms with Crippen molar-refractivity contribution in [2.24, 2.45) is 0 Å². The summed E-state index contributed by atoms with van der Waals surface area (Å²) in [7, 11) is 0. The Bertz CT molecular complexity index is 999. The summed E-state index contributed by atoms with van der Waals surface area (Å²) < 4.78 is 21.3. The van der Waals surface area contributed by atoms with Gasteiger partial charge in [-0.05, 0) is 36.4 Å². The highest BCUT2D eigenvalue weighted by Gasteiger charge is 2.19. The van der Waals surface area contributed by atoms with Gasteiger partial charge in [0.25, 0.3) is 5.91 Å². The molecule has 1 aliphatic heterocycles. The number of amides is 2. The molecule has 142 valence electrons. The second kappa shape index (κ2) is 7.75. The van der Waals surface area contributed by atoms with Crippen LogP contribution in [0.2, 0.25) is 0 Å². The number of hydrazine groups is 1. The Hall–Kier alpha value is -3.94. The molecule has 0 radical (unpaired) electrons. The van der Waals surface area contributed by atoms with E-state index in [1.807, 2.05) is 30.3 Å². The number of hydrogen-bond donors (Lipinski definition) is 2. The summed E-state index contributed by atoms with van der Waals surface area (Å²) in [6.07, 6.45) is 1.39. The third-order valence-corrected chi connectivity index (χ3v) is 4.01. The highest BCUT2D eigenvalue weighted by molar-refractivity contribution is 5.98. The number of rotatable bonds is 5. The first-order valence-corrected chi connectivity index (χ1v) is 8.45. The molecule has 0 saturated heterocycles. The molecule has 8 nitrogen and oxygen atoms in total. The Labute approximate surface area is 160 Å². The lowest BCUT2D eigenvalue weighted by molar-refractivity contribution is 0.0828. The van der Waals surface area contributed by atoms with Crippen LogP contribution in [0.15, 0.2) is 65.3 Å². The molecule has 2 aromatic carbocycles. The van der Waals surface area contributed by atoms with Crippen molar-refractivity contribution in [2.75, 3.05) is 6.79 Å². The molecule has 0 atom stereocenters. The van der Waals surface area contributed by atoms with E-state index in [4.69, 9.17) is 18.6 Å². The summed E-state index contributed by atoms with van der Waals surface area (Å²) >= 11 is 0. The third kappa shape index (κ3) is 3.75. The van der Waals surface area contributed by atoms with E-state index >= 15 is 0 Å². The minimum absolute atomic E-state index is 0.0573. The predicted molar refractivity (Wildman–Crippen MR) is 97.0 cm³/mol. The van der Waals surface area contributed by atoms with Gasteiger partial charge in [0.2, 0.25) is 6.79 Å². The Balaban J connectivity index is 1.35. The summed E-state index contributed by atoms with van der Waals surface area (Å²) in [6.45, 7) is 0.267. The lowest BCUT2D eigenvalue weighted by Gasteiger charge is -2.09. The Kier molecular flexibility index (Phi) is 4.83. The van der Waals surface area contributed by atoms with Gasteiger partial charge in [-0.1, -0.05) is 18.2 Å². The molecule has 4 rings (SSSR count). The van der Waals surface area contributed by atoms with Gasteiger partial charge in [-0.3, -0.25) is 20.4 Å². The van der Waals surface area contributed by atoms with E-state index in [0.717, 1.165) is 0 Å². The molecule has 2 heterocycles. The second-order valence-corrected chi connectivity index (χ2v) is 5.85. The smallest absolute Gasteiger partial charge is 0.305 e. The molecule has 0 aliphatic carbocycles. The number of ether oxygens (including phenoxy) is 3. The molecular weight excluding hydrogens is 364 g/mol. The average molecular weight is 380 g/mol. The van der Waals surface area contributed by atoms with E-state index in [9.17, 15) is 9.59 Å². The van der Waals surface area contributed by atoms with Crippen molar-refractivity contribution < 1.29 is 28.2 Å². The van der Waals surface area contributed by atoms with Crippen LogP contribution in [-0.2, 0) is 6.61 Å². The maximum absolute atomic E-state index is 12.3. The van der Waals surface area contributed by atoms with Gasteiger partial charge in [0.1, 0.15) is 12.4 Å². The molecule has 3 aromatic rings. The van der Waals surface area contributed by atoms with Gasteiger partial charge in [-0.25, -0.2) is 0 Å². The quantitative estimate of drug-likeness (QED) is 0.661. The van der Waals surface area contributed by atoms with Crippen LogP contribution < -0.4 is 25.1 Å². The molecule has 8 heteroatoms. The molecule has 1 aliphatic rings. The molecule has 0 spiro atoms. The van der Waals surface area contributed by atoms with Crippen molar-refractivity contribution in [2.45, 2.75) is 6.61 Å². The van der Waals surface area contributed by atoms with E-state index in [1.54, 1.807) is 18.2 Å². The van der Waals surface area contributed by atoms with Gasteiger partial charge in [-0.15, -0.1) is 0 Å². The number of nitrogens with one attached hydrogen (secondary N) is 2. The monoisotopic (exact) mass is 380 g/mol. The zero-order chi connectivity index (χ0) is 19.3. The molecular formula is C20H16N2O6. The Morgan fingerprint density at radius 2 is 1.71 bits per heavy atom. The zero-order valence-corrected chi connectivity index (χ0v) is 14.6. The van der Waals surface area contributed by atoms with Crippen molar-refractivity contribution in [1.82, 2.24) is 10.9 Å². The van der Waals surface area contributed by atoms with Crippen LogP contribution in [-0.4, -0.2) is 18.6 Å². The van der Waals surface area contributed by atoms with E-state index in [0.29, 0.717) is 28.4 Å². The van der Waals surface area contributed by atoms with Gasteiger partial charge in [0.15, 0.2) is 17.3 Å². The summed E-state index contributed by atoms with van der Waals surface area (Å²) in [5.41, 5.74) is 5.54. The highest BCUT2D eigenvalue weighted by atomic mass is 16.7. The number of hydrogen-bond acceptors (Lipinski definition) is 6. The number of fused-ring (bicyclic) bond motifs is 1. The highest BCUT2D eigenvalue weighted by Crippen LogP contribution is 2.32. The van der Waals surface area contributed by atoms with Crippen LogP contribution >= 0.6 is 0 Å². The number of para-hydroxylation sites is 1. The first-order valence-electron chi connectivity index (χ1n) is 8.45. The minimum atomic E-state index is -0.592. The molecule has 0 bridgehead atoms. The Morgan fingerprint density at radius 1 is 0.929 bits per heavy atom. The SMILES string of the molecule is O=C(NNC(=O)c1occc1COc1ccccc1)c1ccc2c(c1)OCO2. The number of carbonyl (C=O) groups is 2. The van der Waals surface area contributed by atoms with Crippen LogP contribution in [0.1, 0.15) is 26.5 Å². The molecule has 0 saturated carbocycles. The van der Waals surface area contributed by atoms with E-state index < -0.39 is 11.8 Å². The minimum Gasteiger partial charge on any atom is -0.489 e. The first-order chi connectivity index (χ1) is 13.7. The average Bonchev–Trinajstić information content (AvgIpc) is 3.39. The maximum atomic E-state index is 12.3. The van der Waals surface area contributed by atoms with Gasteiger partial charge in [-0.2, -0.15) is 0 Å². The topological polar surface area (TPSA) is 99.0 Å². The van der Waals surface area contributed by atoms with Crippen molar-refractivity contribution in [1.29, 1.82) is 0 Å². The van der Waals surface area contributed by atoms with Gasteiger partial charge < -0.3 is 18.6 Å². The fourth-order valence-electron chi connectivity index (χ4n) is 2.61. The largest absolute Gasteiger partial charge is 0.489 e. The summed E-state index contributed by atoms with van der Waals surface area (Å²) in [4.78, 5) is 24.6. The van der Waals surface area contributed by atoms with Crippen LogP contribution in [0.5, 0.6) is 17.2 Å². The molecule has 2 amide bonds. The maximum Gasteiger partial charge on any atom is 0.305 e. The summed E-state index contributed by atoms with van der Waals surface area (Å²) in [6, 6.07) is 15.6. The molecule has 1 aromatic heterocycles. The van der Waals surface area contributed by atoms with Crippen molar-refractivity contribution in [3.8, 4) is 17.2 Å². The lowest BCUT2D eigenvalue weighted by atomic mass is 10.2. The van der Waals surface area contributed by atoms with Crippen LogP contribution in [0.25, 0.3) is 0 Å². The molecule has 0 fully saturated rings. The molecule has 0 unspecified atom stereocenters. The van der Waals surface area contributed by atoms with Gasteiger partial charge in [0, 0.05) is 11.1 Å². The van der Waals surface area contributed by atoms with Crippen molar-refractivity contribution in [3.63, 3.8) is 0 Å². The van der Waals surface area contributed by atoms with Gasteiger partial charge in [0.05, 0.1) is 6.26 Å². The second-order valence-electron chi connectivity index (χ2n) is 5.85. The van der Waals surface area contributed by atoms with Gasteiger partial charge >= 0.3 is 5.91 Å². The Morgan fingerprint density at radius 3 is 2.57 bits per heavy atom. The number of furan rings is 1. The summed E-state index contributed by atoms with van der Waals surface area (Å²) in [5, 5.41) is 0. The van der Waals surface area contributed by atoms with Crippen molar-refractivity contribution >= 4 is 11.8 Å². The lowest BCUT2D eigenvalue weighted by Crippen LogP contribution is -2.41. The first kappa shape index (κ1) is 17.5. The standard InChI is InChI=1S/C20H16N2O6/c23-19(13-6-7-16-17(10-13)28-12-27-16)21-22-20(24)18-14(8-9-25-18)11-26-15-4-2-1-3-5-15/h1-10H,11-12H2,(H,21,23)(H,22,24). The normalized spacial score (nSPS) is 11.7. The number of carbonyl (C=O) groups excluding carboxylic acids is 2. The fraction of sp³-hybridized carbons (Fsp3) is 0.100. The third-order valence-electron chi connectivity index (χ3n) is 4.01.